The molecule has 4 heteroatoms. The van der Waals surface area contributed by atoms with E-state index in [-0.39, 0.29) is 5.56 Å². The Morgan fingerprint density at radius 2 is 1.87 bits per heavy atom. The van der Waals surface area contributed by atoms with Gasteiger partial charge in [0.25, 0.3) is 0 Å². The molecule has 0 bridgehead atoms. The molecule has 0 aliphatic carbocycles. The molecule has 0 aliphatic heterocycles. The number of aromatic hydroxyl groups is 3. The van der Waals surface area contributed by atoms with Crippen LogP contribution in [-0.2, 0) is 6.42 Å². The van der Waals surface area contributed by atoms with Crippen molar-refractivity contribution in [3.05, 3.63) is 29.3 Å². The van der Waals surface area contributed by atoms with E-state index in [0.717, 1.165) is 0 Å². The molecule has 15 heavy (non-hydrogen) atoms. The van der Waals surface area contributed by atoms with Crippen molar-refractivity contribution >= 4 is 6.29 Å². The van der Waals surface area contributed by atoms with Gasteiger partial charge in [-0.05, 0) is 19.4 Å². The molecule has 3 N–H and O–H groups in total. The van der Waals surface area contributed by atoms with Crippen LogP contribution in [0.1, 0.15) is 22.8 Å². The van der Waals surface area contributed by atoms with E-state index in [1.54, 1.807) is 12.2 Å². The molecule has 80 valence electrons. The predicted molar refractivity (Wildman–Crippen MR) is 55.3 cm³/mol. The summed E-state index contributed by atoms with van der Waals surface area (Å²) in [6.45, 7) is 1.82. The van der Waals surface area contributed by atoms with Gasteiger partial charge in [-0.1, -0.05) is 12.2 Å². The Morgan fingerprint density at radius 1 is 1.20 bits per heavy atom. The number of carbonyl (C=O) groups excluding carboxylic acids is 1. The fraction of sp³-hybridized carbons (Fsp3) is 0.182. The molecular formula is C11H12O4. The van der Waals surface area contributed by atoms with Crippen LogP contribution in [0.2, 0.25) is 0 Å². The second-order valence-electron chi connectivity index (χ2n) is 3.06. The molecule has 0 atom stereocenters. The van der Waals surface area contributed by atoms with E-state index in [4.69, 9.17) is 0 Å². The summed E-state index contributed by atoms with van der Waals surface area (Å²) in [7, 11) is 0. The summed E-state index contributed by atoms with van der Waals surface area (Å²) in [6.07, 6.45) is 4.36. The first kappa shape index (κ1) is 11.1. The van der Waals surface area contributed by atoms with Crippen LogP contribution in [0, 0.1) is 0 Å². The first-order chi connectivity index (χ1) is 7.11. The molecule has 0 spiro atoms. The van der Waals surface area contributed by atoms with Gasteiger partial charge in [-0.25, -0.2) is 0 Å². The predicted octanol–water partition coefficient (Wildman–Crippen LogP) is 1.73. The third-order valence-corrected chi connectivity index (χ3v) is 2.06. The molecule has 0 amide bonds. The molecule has 0 saturated heterocycles. The van der Waals surface area contributed by atoms with Gasteiger partial charge in [0.1, 0.15) is 0 Å². The van der Waals surface area contributed by atoms with E-state index in [9.17, 15) is 20.1 Å². The highest BCUT2D eigenvalue weighted by Gasteiger charge is 2.15. The standard InChI is InChI=1S/C11H12O4/c1-2-3-4-7-5-8(6-12)10(14)11(15)9(7)13/h2-3,5-6,13-15H,4H2,1H3. The maximum atomic E-state index is 10.5. The normalized spacial score (nSPS) is 10.7. The lowest BCUT2D eigenvalue weighted by atomic mass is 10.0. The van der Waals surface area contributed by atoms with Gasteiger partial charge in [-0.15, -0.1) is 0 Å². The first-order valence-corrected chi connectivity index (χ1v) is 4.45. The molecule has 1 aromatic rings. The summed E-state index contributed by atoms with van der Waals surface area (Å²) < 4.78 is 0. The quantitative estimate of drug-likeness (QED) is 0.401. The van der Waals surface area contributed by atoms with E-state index < -0.39 is 17.2 Å². The number of phenols is 3. The van der Waals surface area contributed by atoms with E-state index in [0.29, 0.717) is 18.3 Å². The minimum Gasteiger partial charge on any atom is -0.504 e. The van der Waals surface area contributed by atoms with Crippen molar-refractivity contribution in [1.82, 2.24) is 0 Å². The third kappa shape index (κ3) is 2.10. The molecule has 0 saturated carbocycles. The van der Waals surface area contributed by atoms with Gasteiger partial charge in [0, 0.05) is 5.56 Å². The second-order valence-corrected chi connectivity index (χ2v) is 3.06. The van der Waals surface area contributed by atoms with Crippen LogP contribution in [0.4, 0.5) is 0 Å². The van der Waals surface area contributed by atoms with Crippen molar-refractivity contribution in [3.63, 3.8) is 0 Å². The molecule has 0 aromatic heterocycles. The summed E-state index contributed by atoms with van der Waals surface area (Å²) >= 11 is 0. The molecule has 0 heterocycles. The first-order valence-electron chi connectivity index (χ1n) is 4.45. The van der Waals surface area contributed by atoms with Crippen LogP contribution in [0.15, 0.2) is 18.2 Å². The van der Waals surface area contributed by atoms with Gasteiger partial charge in [0.2, 0.25) is 5.75 Å². The summed E-state index contributed by atoms with van der Waals surface area (Å²) in [5, 5.41) is 28.0. The van der Waals surface area contributed by atoms with Gasteiger partial charge in [-0.3, -0.25) is 4.79 Å². The second kappa shape index (κ2) is 4.50. The zero-order valence-corrected chi connectivity index (χ0v) is 8.27. The summed E-state index contributed by atoms with van der Waals surface area (Å²) in [5.74, 6) is -1.64. The number of aldehydes is 1. The van der Waals surface area contributed by atoms with E-state index in [1.807, 2.05) is 6.92 Å². The largest absolute Gasteiger partial charge is 0.504 e. The minimum atomic E-state index is -0.654. The lowest BCUT2D eigenvalue weighted by Gasteiger charge is -2.07. The number of hydrogen-bond acceptors (Lipinski definition) is 4. The molecule has 1 aromatic carbocycles. The molecule has 0 aliphatic rings. The Kier molecular flexibility index (Phi) is 3.33. The average Bonchev–Trinajstić information content (AvgIpc) is 2.25. The minimum absolute atomic E-state index is 0.0372. The van der Waals surface area contributed by atoms with Crippen molar-refractivity contribution in [2.45, 2.75) is 13.3 Å². The molecule has 0 unspecified atom stereocenters. The Bertz CT molecular complexity index is 408. The van der Waals surface area contributed by atoms with Crippen molar-refractivity contribution in [2.24, 2.45) is 0 Å². The average molecular weight is 208 g/mol. The Balaban J connectivity index is 3.28. The van der Waals surface area contributed by atoms with Crippen molar-refractivity contribution < 1.29 is 20.1 Å². The van der Waals surface area contributed by atoms with Crippen LogP contribution in [0.5, 0.6) is 17.2 Å². The van der Waals surface area contributed by atoms with Gasteiger partial charge in [-0.2, -0.15) is 0 Å². The topological polar surface area (TPSA) is 77.8 Å². The number of carbonyl (C=O) groups is 1. The van der Waals surface area contributed by atoms with E-state index in [2.05, 4.69) is 0 Å². The lowest BCUT2D eigenvalue weighted by Crippen LogP contribution is -1.89. The smallest absolute Gasteiger partial charge is 0.201 e. The zero-order valence-electron chi connectivity index (χ0n) is 8.27. The highest BCUT2D eigenvalue weighted by atomic mass is 16.3. The fourth-order valence-corrected chi connectivity index (χ4v) is 1.22. The molecule has 4 nitrogen and oxygen atoms in total. The summed E-state index contributed by atoms with van der Waals surface area (Å²) in [5.41, 5.74) is 0.357. The van der Waals surface area contributed by atoms with Gasteiger partial charge in [0.05, 0.1) is 5.56 Å². The highest BCUT2D eigenvalue weighted by Crippen LogP contribution is 2.39. The third-order valence-electron chi connectivity index (χ3n) is 2.06. The number of allylic oxidation sites excluding steroid dienone is 2. The number of hydrogen-bond donors (Lipinski definition) is 3. The van der Waals surface area contributed by atoms with Crippen LogP contribution < -0.4 is 0 Å². The Hall–Kier alpha value is -1.97. The van der Waals surface area contributed by atoms with Gasteiger partial charge >= 0.3 is 0 Å². The van der Waals surface area contributed by atoms with Crippen LogP contribution in [0.25, 0.3) is 0 Å². The van der Waals surface area contributed by atoms with Crippen LogP contribution in [-0.4, -0.2) is 21.6 Å². The summed E-state index contributed by atoms with van der Waals surface area (Å²) in [6, 6.07) is 1.34. The summed E-state index contributed by atoms with van der Waals surface area (Å²) in [4.78, 5) is 10.5. The maximum absolute atomic E-state index is 10.5. The lowest BCUT2D eigenvalue weighted by molar-refractivity contribution is 0.112. The monoisotopic (exact) mass is 208 g/mol. The van der Waals surface area contributed by atoms with E-state index in [1.165, 1.54) is 6.07 Å². The van der Waals surface area contributed by atoms with Gasteiger partial charge < -0.3 is 15.3 Å². The molecular weight excluding hydrogens is 196 g/mol. The van der Waals surface area contributed by atoms with Crippen molar-refractivity contribution in [3.8, 4) is 17.2 Å². The van der Waals surface area contributed by atoms with Gasteiger partial charge in [0.15, 0.2) is 17.8 Å². The van der Waals surface area contributed by atoms with Crippen LogP contribution in [0.3, 0.4) is 0 Å². The Morgan fingerprint density at radius 3 is 2.40 bits per heavy atom. The van der Waals surface area contributed by atoms with Crippen molar-refractivity contribution in [2.75, 3.05) is 0 Å². The SMILES string of the molecule is CC=CCc1cc(C=O)c(O)c(O)c1O. The van der Waals surface area contributed by atoms with Crippen LogP contribution >= 0.6 is 0 Å². The number of benzene rings is 1. The molecule has 0 radical (unpaired) electrons. The molecule has 0 fully saturated rings. The highest BCUT2D eigenvalue weighted by molar-refractivity contribution is 5.82. The fourth-order valence-electron chi connectivity index (χ4n) is 1.22. The molecule has 1 rings (SSSR count). The van der Waals surface area contributed by atoms with E-state index >= 15 is 0 Å². The number of rotatable bonds is 3. The number of phenolic OH excluding ortho intramolecular Hbond substituents is 3. The maximum Gasteiger partial charge on any atom is 0.201 e. The Labute approximate surface area is 87.1 Å². The zero-order chi connectivity index (χ0) is 11.4. The van der Waals surface area contributed by atoms with Crippen molar-refractivity contribution in [1.29, 1.82) is 0 Å².